The van der Waals surface area contributed by atoms with Gasteiger partial charge in [-0.15, -0.1) is 0 Å². The minimum absolute atomic E-state index is 0.198. The normalized spacial score (nSPS) is 11.4. The summed E-state index contributed by atoms with van der Waals surface area (Å²) in [6.45, 7) is 4.25. The maximum Gasteiger partial charge on any atom is 0.247 e. The second kappa shape index (κ2) is 13.1. The molecule has 3 rings (SSSR count). The van der Waals surface area contributed by atoms with Crippen molar-refractivity contribution in [3.05, 3.63) is 58.5 Å². The number of carbonyl (C=O) groups excluding carboxylic acids is 1. The lowest BCUT2D eigenvalue weighted by atomic mass is 10.1. The molecule has 0 saturated heterocycles. The molecule has 0 aliphatic carbocycles. The molecule has 0 bridgehead atoms. The van der Waals surface area contributed by atoms with Crippen molar-refractivity contribution in [3.8, 4) is 28.6 Å². The van der Waals surface area contributed by atoms with Crippen LogP contribution in [-0.2, 0) is 9.53 Å². The van der Waals surface area contributed by atoms with Gasteiger partial charge in [0.05, 0.1) is 60.8 Å². The lowest BCUT2D eigenvalue weighted by Gasteiger charge is -2.17. The van der Waals surface area contributed by atoms with Crippen molar-refractivity contribution >= 4 is 51.8 Å². The highest BCUT2D eigenvalue weighted by Crippen LogP contribution is 2.46. The van der Waals surface area contributed by atoms with E-state index in [-0.39, 0.29) is 21.6 Å². The van der Waals surface area contributed by atoms with Gasteiger partial charge in [0.15, 0.2) is 0 Å². The highest BCUT2D eigenvalue weighted by atomic mass is 35.5. The zero-order valence-corrected chi connectivity index (χ0v) is 22.8. The first-order valence-corrected chi connectivity index (χ1v) is 11.9. The third kappa shape index (κ3) is 5.99. The van der Waals surface area contributed by atoms with Crippen LogP contribution in [0.4, 0.5) is 0 Å². The molecule has 10 nitrogen and oxygen atoms in total. The molecule has 0 fully saturated rings. The number of benzene rings is 1. The van der Waals surface area contributed by atoms with E-state index in [9.17, 15) is 4.79 Å². The third-order valence-electron chi connectivity index (χ3n) is 5.42. The molecule has 0 saturated carbocycles. The average molecular weight is 560 g/mol. The van der Waals surface area contributed by atoms with Crippen LogP contribution < -0.4 is 24.8 Å². The first kappa shape index (κ1) is 28.7. The average Bonchev–Trinajstić information content (AvgIpc) is 2.93. The van der Waals surface area contributed by atoms with Crippen molar-refractivity contribution in [2.24, 2.45) is 0 Å². The number of halogens is 2. The standard InChI is InChI=1S/C26H27Cl2N5O5/c1-6-21(34)32-18(12-29)25(30-7-8-35-2)17-10-15-14(13-31-17)9-16(33-26(15)38-5)22-23(27)19(36-3)11-20(37-4)24(22)28/h6,9-13,29-30H,1,7-8H2,2-5H3,(H,32,34)/b25-18+,29-12?. The summed E-state index contributed by atoms with van der Waals surface area (Å²) in [7, 11) is 6.04. The third-order valence-corrected chi connectivity index (χ3v) is 6.17. The van der Waals surface area contributed by atoms with Gasteiger partial charge >= 0.3 is 0 Å². The molecule has 12 heteroatoms. The molecule has 2 heterocycles. The van der Waals surface area contributed by atoms with Crippen LogP contribution in [0, 0.1) is 5.41 Å². The molecule has 3 N–H and O–H groups in total. The fourth-order valence-corrected chi connectivity index (χ4v) is 4.30. The van der Waals surface area contributed by atoms with E-state index in [1.54, 1.807) is 31.5 Å². The van der Waals surface area contributed by atoms with Gasteiger partial charge in [-0.05, 0) is 18.2 Å². The number of hydrogen-bond donors (Lipinski definition) is 3. The van der Waals surface area contributed by atoms with Gasteiger partial charge < -0.3 is 35.0 Å². The van der Waals surface area contributed by atoms with Crippen molar-refractivity contribution in [2.75, 3.05) is 41.6 Å². The summed E-state index contributed by atoms with van der Waals surface area (Å²) in [6.07, 6.45) is 3.75. The molecule has 0 aliphatic rings. The lowest BCUT2D eigenvalue weighted by molar-refractivity contribution is -0.115. The van der Waals surface area contributed by atoms with Gasteiger partial charge in [0.25, 0.3) is 0 Å². The molecule has 0 spiro atoms. The summed E-state index contributed by atoms with van der Waals surface area (Å²) in [4.78, 5) is 21.2. The number of nitrogens with zero attached hydrogens (tertiary/aromatic N) is 2. The van der Waals surface area contributed by atoms with Crippen molar-refractivity contribution in [3.63, 3.8) is 0 Å². The second-order valence-electron chi connectivity index (χ2n) is 7.64. The summed E-state index contributed by atoms with van der Waals surface area (Å²) in [5.74, 6) is 0.546. The van der Waals surface area contributed by atoms with Crippen LogP contribution in [0.5, 0.6) is 17.4 Å². The summed E-state index contributed by atoms with van der Waals surface area (Å²) in [5.41, 5.74) is 1.87. The Morgan fingerprint density at radius 1 is 1.08 bits per heavy atom. The molecule has 1 aromatic carbocycles. The van der Waals surface area contributed by atoms with Crippen molar-refractivity contribution in [1.29, 1.82) is 5.41 Å². The number of methoxy groups -OCH3 is 4. The molecule has 2 aromatic heterocycles. The highest BCUT2D eigenvalue weighted by molar-refractivity contribution is 6.41. The molecule has 0 radical (unpaired) electrons. The van der Waals surface area contributed by atoms with E-state index in [2.05, 4.69) is 27.2 Å². The zero-order chi connectivity index (χ0) is 27.8. The quantitative estimate of drug-likeness (QED) is 0.168. The molecule has 1 amide bonds. The van der Waals surface area contributed by atoms with Crippen LogP contribution in [0.1, 0.15) is 5.69 Å². The molecule has 38 heavy (non-hydrogen) atoms. The minimum atomic E-state index is -0.471. The number of hydrogen-bond acceptors (Lipinski definition) is 9. The Morgan fingerprint density at radius 3 is 2.32 bits per heavy atom. The van der Waals surface area contributed by atoms with Gasteiger partial charge in [0.2, 0.25) is 11.8 Å². The molecule has 0 unspecified atom stereocenters. The zero-order valence-electron chi connectivity index (χ0n) is 21.3. The van der Waals surface area contributed by atoms with Gasteiger partial charge in [-0.2, -0.15) is 0 Å². The molecular formula is C26H27Cl2N5O5. The topological polar surface area (TPSA) is 128 Å². The Kier molecular flexibility index (Phi) is 9.89. The first-order chi connectivity index (χ1) is 18.3. The van der Waals surface area contributed by atoms with Crippen LogP contribution in [0.2, 0.25) is 10.0 Å². The van der Waals surface area contributed by atoms with E-state index in [4.69, 9.17) is 47.6 Å². The van der Waals surface area contributed by atoms with Crippen molar-refractivity contribution < 1.29 is 23.7 Å². The summed E-state index contributed by atoms with van der Waals surface area (Å²) < 4.78 is 21.5. The number of aromatic nitrogens is 2. The van der Waals surface area contributed by atoms with E-state index < -0.39 is 5.91 Å². The Hall–Kier alpha value is -3.86. The van der Waals surface area contributed by atoms with E-state index in [1.807, 2.05) is 0 Å². The van der Waals surface area contributed by atoms with Crippen molar-refractivity contribution in [1.82, 2.24) is 20.6 Å². The summed E-state index contributed by atoms with van der Waals surface area (Å²) in [5, 5.41) is 15.4. The number of fused-ring (bicyclic) bond motifs is 1. The molecular weight excluding hydrogens is 533 g/mol. The summed E-state index contributed by atoms with van der Waals surface area (Å²) in [6, 6.07) is 5.09. The second-order valence-corrected chi connectivity index (χ2v) is 8.39. The minimum Gasteiger partial charge on any atom is -0.495 e. The number of nitrogens with one attached hydrogen (secondary N) is 3. The fraction of sp³-hybridized carbons (Fsp3) is 0.231. The Labute approximate surface area is 230 Å². The Balaban J connectivity index is 2.23. The van der Waals surface area contributed by atoms with Crippen LogP contribution in [-0.4, -0.2) is 63.7 Å². The number of carbonyl (C=O) groups is 1. The van der Waals surface area contributed by atoms with E-state index in [0.717, 1.165) is 12.3 Å². The monoisotopic (exact) mass is 559 g/mol. The van der Waals surface area contributed by atoms with Crippen LogP contribution in [0.3, 0.4) is 0 Å². The molecule has 3 aromatic rings. The lowest BCUT2D eigenvalue weighted by Crippen LogP contribution is -2.28. The van der Waals surface area contributed by atoms with E-state index in [0.29, 0.717) is 58.1 Å². The Bertz CT molecular complexity index is 1380. The fourth-order valence-electron chi connectivity index (χ4n) is 3.60. The van der Waals surface area contributed by atoms with Gasteiger partial charge in [-0.25, -0.2) is 4.98 Å². The number of pyridine rings is 2. The van der Waals surface area contributed by atoms with Gasteiger partial charge in [-0.3, -0.25) is 9.78 Å². The first-order valence-electron chi connectivity index (χ1n) is 11.2. The Morgan fingerprint density at radius 2 is 1.76 bits per heavy atom. The highest BCUT2D eigenvalue weighted by Gasteiger charge is 2.22. The van der Waals surface area contributed by atoms with Crippen LogP contribution in [0.15, 0.2) is 42.7 Å². The largest absolute Gasteiger partial charge is 0.495 e. The summed E-state index contributed by atoms with van der Waals surface area (Å²) >= 11 is 13.2. The van der Waals surface area contributed by atoms with E-state index >= 15 is 0 Å². The predicted octanol–water partition coefficient (Wildman–Crippen LogP) is 4.49. The molecule has 0 aliphatic heterocycles. The maximum absolute atomic E-state index is 12.0. The van der Waals surface area contributed by atoms with Crippen LogP contribution >= 0.6 is 23.2 Å². The SMILES string of the molecule is C=CC(=O)N/C(C=N)=C(/NCCOC)c1cc2c(OC)nc(-c3c(Cl)c(OC)cc(OC)c3Cl)cc2cn1. The number of allylic oxidation sites excluding steroid dienone is 1. The molecule has 0 atom stereocenters. The number of amides is 1. The van der Waals surface area contributed by atoms with Crippen LogP contribution in [0.25, 0.3) is 27.7 Å². The van der Waals surface area contributed by atoms with Gasteiger partial charge in [0, 0.05) is 48.5 Å². The maximum atomic E-state index is 12.0. The number of rotatable bonds is 12. The van der Waals surface area contributed by atoms with Crippen molar-refractivity contribution in [2.45, 2.75) is 0 Å². The van der Waals surface area contributed by atoms with Gasteiger partial charge in [0.1, 0.15) is 11.5 Å². The number of ether oxygens (including phenoxy) is 4. The predicted molar refractivity (Wildman–Crippen MR) is 149 cm³/mol. The molecule has 200 valence electrons. The van der Waals surface area contributed by atoms with Gasteiger partial charge in [-0.1, -0.05) is 29.8 Å². The van der Waals surface area contributed by atoms with E-state index in [1.165, 1.54) is 21.3 Å². The smallest absolute Gasteiger partial charge is 0.247 e.